The average Bonchev–Trinajstić information content (AvgIpc) is 2.97. The molecular weight excluding hydrogens is 252 g/mol. The lowest BCUT2D eigenvalue weighted by molar-refractivity contribution is -0.385. The van der Waals surface area contributed by atoms with Gasteiger partial charge in [-0.15, -0.1) is 0 Å². The molecule has 104 valence electrons. The van der Waals surface area contributed by atoms with Crippen LogP contribution >= 0.6 is 0 Å². The highest BCUT2D eigenvalue weighted by molar-refractivity contribution is 5.75. The van der Waals surface area contributed by atoms with Crippen molar-refractivity contribution in [3.63, 3.8) is 0 Å². The van der Waals surface area contributed by atoms with Crippen LogP contribution in [0.4, 0.5) is 5.69 Å². The van der Waals surface area contributed by atoms with Crippen LogP contribution in [-0.4, -0.2) is 37.9 Å². The SMILES string of the molecule is O=C(Cn1cc([N+](=O)[O-])cn1)NCC1(O)CCCC1. The van der Waals surface area contributed by atoms with Gasteiger partial charge in [0.25, 0.3) is 0 Å². The fourth-order valence-electron chi connectivity index (χ4n) is 2.21. The zero-order valence-electron chi connectivity index (χ0n) is 10.4. The summed E-state index contributed by atoms with van der Waals surface area (Å²) in [4.78, 5) is 21.5. The van der Waals surface area contributed by atoms with Crippen LogP contribution in [0.2, 0.25) is 0 Å². The average molecular weight is 268 g/mol. The molecule has 1 saturated carbocycles. The summed E-state index contributed by atoms with van der Waals surface area (Å²) in [5.74, 6) is -0.321. The summed E-state index contributed by atoms with van der Waals surface area (Å²) in [6.07, 6.45) is 5.62. The molecule has 1 aliphatic rings. The monoisotopic (exact) mass is 268 g/mol. The zero-order valence-corrected chi connectivity index (χ0v) is 10.4. The molecule has 8 nitrogen and oxygen atoms in total. The number of nitrogens with zero attached hydrogens (tertiary/aromatic N) is 3. The summed E-state index contributed by atoms with van der Waals surface area (Å²) in [5, 5.41) is 26.9. The van der Waals surface area contributed by atoms with Crippen LogP contribution in [0.3, 0.4) is 0 Å². The number of aromatic nitrogens is 2. The van der Waals surface area contributed by atoms with E-state index in [0.29, 0.717) is 12.8 Å². The van der Waals surface area contributed by atoms with E-state index in [1.165, 1.54) is 10.9 Å². The maximum atomic E-state index is 11.6. The Morgan fingerprint density at radius 1 is 1.58 bits per heavy atom. The van der Waals surface area contributed by atoms with Gasteiger partial charge in [0.05, 0.1) is 10.5 Å². The van der Waals surface area contributed by atoms with Gasteiger partial charge in [0.15, 0.2) is 0 Å². The van der Waals surface area contributed by atoms with E-state index in [-0.39, 0.29) is 24.7 Å². The summed E-state index contributed by atoms with van der Waals surface area (Å²) in [7, 11) is 0. The highest BCUT2D eigenvalue weighted by atomic mass is 16.6. The molecule has 0 spiro atoms. The first-order chi connectivity index (χ1) is 8.98. The van der Waals surface area contributed by atoms with E-state index < -0.39 is 10.5 Å². The molecule has 0 radical (unpaired) electrons. The molecule has 1 amide bonds. The van der Waals surface area contributed by atoms with Crippen LogP contribution in [0.5, 0.6) is 0 Å². The van der Waals surface area contributed by atoms with E-state index >= 15 is 0 Å². The lowest BCUT2D eigenvalue weighted by atomic mass is 10.0. The number of hydrogen-bond acceptors (Lipinski definition) is 5. The van der Waals surface area contributed by atoms with E-state index in [0.717, 1.165) is 19.0 Å². The first-order valence-corrected chi connectivity index (χ1v) is 6.14. The molecule has 1 aliphatic carbocycles. The normalized spacial score (nSPS) is 17.3. The van der Waals surface area contributed by atoms with Gasteiger partial charge in [-0.1, -0.05) is 12.8 Å². The van der Waals surface area contributed by atoms with Gasteiger partial charge in [0.2, 0.25) is 5.91 Å². The summed E-state index contributed by atoms with van der Waals surface area (Å²) in [6, 6.07) is 0. The maximum absolute atomic E-state index is 11.6. The van der Waals surface area contributed by atoms with E-state index in [2.05, 4.69) is 10.4 Å². The van der Waals surface area contributed by atoms with Crippen molar-refractivity contribution < 1.29 is 14.8 Å². The Hall–Kier alpha value is -1.96. The Labute approximate surface area is 109 Å². The van der Waals surface area contributed by atoms with E-state index in [9.17, 15) is 20.0 Å². The van der Waals surface area contributed by atoms with E-state index in [1.807, 2.05) is 0 Å². The van der Waals surface area contributed by atoms with Crippen molar-refractivity contribution >= 4 is 11.6 Å². The molecule has 8 heteroatoms. The molecule has 0 bridgehead atoms. The molecule has 2 rings (SSSR count). The quantitative estimate of drug-likeness (QED) is 0.586. The summed E-state index contributed by atoms with van der Waals surface area (Å²) >= 11 is 0. The predicted molar refractivity (Wildman–Crippen MR) is 65.3 cm³/mol. The van der Waals surface area contributed by atoms with Crippen molar-refractivity contribution in [3.05, 3.63) is 22.5 Å². The number of amides is 1. The second kappa shape index (κ2) is 5.35. The van der Waals surface area contributed by atoms with Gasteiger partial charge in [0.1, 0.15) is 18.9 Å². The number of carbonyl (C=O) groups is 1. The third kappa shape index (κ3) is 3.50. The van der Waals surface area contributed by atoms with Crippen molar-refractivity contribution in [1.82, 2.24) is 15.1 Å². The minimum atomic E-state index is -0.800. The van der Waals surface area contributed by atoms with Gasteiger partial charge in [-0.3, -0.25) is 19.6 Å². The minimum absolute atomic E-state index is 0.0933. The van der Waals surface area contributed by atoms with Crippen LogP contribution in [-0.2, 0) is 11.3 Å². The highest BCUT2D eigenvalue weighted by Gasteiger charge is 2.31. The predicted octanol–water partition coefficient (Wildman–Crippen LogP) is 0.213. The van der Waals surface area contributed by atoms with Crippen molar-refractivity contribution in [2.75, 3.05) is 6.54 Å². The highest BCUT2D eigenvalue weighted by Crippen LogP contribution is 2.28. The topological polar surface area (TPSA) is 110 Å². The molecule has 1 aromatic rings. The van der Waals surface area contributed by atoms with Gasteiger partial charge < -0.3 is 10.4 Å². The maximum Gasteiger partial charge on any atom is 0.307 e. The van der Waals surface area contributed by atoms with Gasteiger partial charge in [-0.25, -0.2) is 0 Å². The second-order valence-electron chi connectivity index (χ2n) is 4.86. The van der Waals surface area contributed by atoms with E-state index in [1.54, 1.807) is 0 Å². The third-order valence-corrected chi connectivity index (χ3v) is 3.28. The van der Waals surface area contributed by atoms with Crippen molar-refractivity contribution in [2.45, 2.75) is 37.8 Å². The van der Waals surface area contributed by atoms with Gasteiger partial charge in [-0.2, -0.15) is 5.10 Å². The van der Waals surface area contributed by atoms with Gasteiger partial charge >= 0.3 is 5.69 Å². The number of nitro groups is 1. The standard InChI is InChI=1S/C11H16N4O4/c16-10(12-8-11(17)3-1-2-4-11)7-14-6-9(5-13-14)15(18)19/h5-6,17H,1-4,7-8H2,(H,12,16). The Morgan fingerprint density at radius 3 is 2.84 bits per heavy atom. The fourth-order valence-corrected chi connectivity index (χ4v) is 2.21. The van der Waals surface area contributed by atoms with Crippen molar-refractivity contribution in [1.29, 1.82) is 0 Å². The molecule has 0 aromatic carbocycles. The number of carbonyl (C=O) groups excluding carboxylic acids is 1. The van der Waals surface area contributed by atoms with Crippen molar-refractivity contribution in [2.24, 2.45) is 0 Å². The summed E-state index contributed by atoms with van der Waals surface area (Å²) in [5.41, 5.74) is -0.951. The number of hydrogen-bond donors (Lipinski definition) is 2. The Kier molecular flexibility index (Phi) is 3.79. The lowest BCUT2D eigenvalue weighted by Crippen LogP contribution is -2.41. The van der Waals surface area contributed by atoms with Crippen LogP contribution in [0.15, 0.2) is 12.4 Å². The summed E-state index contributed by atoms with van der Waals surface area (Å²) in [6.45, 7) is 0.124. The molecule has 1 aromatic heterocycles. The molecule has 0 aliphatic heterocycles. The lowest BCUT2D eigenvalue weighted by Gasteiger charge is -2.22. The van der Waals surface area contributed by atoms with Crippen LogP contribution in [0, 0.1) is 10.1 Å². The van der Waals surface area contributed by atoms with Crippen molar-refractivity contribution in [3.8, 4) is 0 Å². The van der Waals surface area contributed by atoms with Crippen LogP contribution in [0.25, 0.3) is 0 Å². The molecule has 2 N–H and O–H groups in total. The second-order valence-corrected chi connectivity index (χ2v) is 4.86. The molecule has 1 fully saturated rings. The Morgan fingerprint density at radius 2 is 2.26 bits per heavy atom. The molecule has 0 atom stereocenters. The first kappa shape index (κ1) is 13.5. The smallest absolute Gasteiger partial charge is 0.307 e. The van der Waals surface area contributed by atoms with E-state index in [4.69, 9.17) is 0 Å². The first-order valence-electron chi connectivity index (χ1n) is 6.14. The zero-order chi connectivity index (χ0) is 13.9. The Balaban J connectivity index is 1.82. The molecule has 1 heterocycles. The molecule has 0 saturated heterocycles. The number of rotatable bonds is 5. The summed E-state index contributed by atoms with van der Waals surface area (Å²) < 4.78 is 1.20. The van der Waals surface area contributed by atoms with Crippen LogP contribution < -0.4 is 5.32 Å². The largest absolute Gasteiger partial charge is 0.388 e. The van der Waals surface area contributed by atoms with Crippen LogP contribution in [0.1, 0.15) is 25.7 Å². The molecule has 0 unspecified atom stereocenters. The molecule has 19 heavy (non-hydrogen) atoms. The minimum Gasteiger partial charge on any atom is -0.388 e. The number of aliphatic hydroxyl groups is 1. The fraction of sp³-hybridized carbons (Fsp3) is 0.636. The molecular formula is C11H16N4O4. The number of nitrogens with one attached hydrogen (secondary N) is 1. The third-order valence-electron chi connectivity index (χ3n) is 3.28. The van der Waals surface area contributed by atoms with Gasteiger partial charge in [-0.05, 0) is 12.8 Å². The Bertz CT molecular complexity index is 479. The van der Waals surface area contributed by atoms with Gasteiger partial charge in [0, 0.05) is 6.54 Å².